The zero-order chi connectivity index (χ0) is 22.7. The van der Waals surface area contributed by atoms with Crippen LogP contribution in [0.25, 0.3) is 10.9 Å². The zero-order valence-electron chi connectivity index (χ0n) is 17.2. The summed E-state index contributed by atoms with van der Waals surface area (Å²) in [4.78, 5) is 21.0. The summed E-state index contributed by atoms with van der Waals surface area (Å²) in [5.41, 5.74) is 7.34. The minimum atomic E-state index is -3.77. The second kappa shape index (κ2) is 8.64. The number of hydrogen-bond acceptors (Lipinski definition) is 7. The fourth-order valence-electron chi connectivity index (χ4n) is 3.13. The minimum Gasteiger partial charge on any atom is -0.454 e. The first kappa shape index (κ1) is 21.3. The predicted octanol–water partition coefficient (Wildman–Crippen LogP) is 3.39. The second-order valence-corrected chi connectivity index (χ2v) is 8.92. The van der Waals surface area contributed by atoms with Crippen molar-refractivity contribution in [3.63, 3.8) is 0 Å². The van der Waals surface area contributed by atoms with E-state index in [1.807, 2.05) is 24.3 Å². The molecule has 2 N–H and O–H groups in total. The number of benzene rings is 3. The van der Waals surface area contributed by atoms with Gasteiger partial charge in [0.1, 0.15) is 5.82 Å². The van der Waals surface area contributed by atoms with Crippen LogP contribution in [0.1, 0.15) is 16.2 Å². The molecule has 0 aliphatic rings. The molecule has 0 amide bonds. The molecular formula is C23H20N4O4S. The Bertz CT molecular complexity index is 1370. The fourth-order valence-corrected chi connectivity index (χ4v) is 4.32. The summed E-state index contributed by atoms with van der Waals surface area (Å²) in [6.45, 7) is -0.162. The SMILES string of the molecule is CN(c1ccccc1)S(=O)(=O)c1ccc(C(=O)OCc2nc(N)c3ccccc3n2)cc1. The van der Waals surface area contributed by atoms with Gasteiger partial charge >= 0.3 is 5.97 Å². The average Bonchev–Trinajstić information content (AvgIpc) is 2.82. The fraction of sp³-hybridized carbons (Fsp3) is 0.0870. The van der Waals surface area contributed by atoms with Crippen molar-refractivity contribution in [2.45, 2.75) is 11.5 Å². The van der Waals surface area contributed by atoms with Gasteiger partial charge in [0.25, 0.3) is 10.0 Å². The number of nitrogen functional groups attached to an aromatic ring is 1. The molecule has 0 unspecified atom stereocenters. The van der Waals surface area contributed by atoms with Crippen LogP contribution in [0.15, 0.2) is 83.8 Å². The molecule has 162 valence electrons. The number of esters is 1. The van der Waals surface area contributed by atoms with E-state index in [1.54, 1.807) is 30.3 Å². The van der Waals surface area contributed by atoms with Gasteiger partial charge in [0.05, 0.1) is 21.7 Å². The minimum absolute atomic E-state index is 0.0611. The van der Waals surface area contributed by atoms with E-state index >= 15 is 0 Å². The first-order valence-corrected chi connectivity index (χ1v) is 11.1. The Morgan fingerprint density at radius 3 is 2.31 bits per heavy atom. The zero-order valence-corrected chi connectivity index (χ0v) is 18.0. The Morgan fingerprint density at radius 2 is 1.59 bits per heavy atom. The van der Waals surface area contributed by atoms with Gasteiger partial charge in [-0.25, -0.2) is 23.2 Å². The van der Waals surface area contributed by atoms with Crippen LogP contribution in [-0.4, -0.2) is 31.4 Å². The van der Waals surface area contributed by atoms with Crippen molar-refractivity contribution >= 4 is 38.4 Å². The highest BCUT2D eigenvalue weighted by Crippen LogP contribution is 2.22. The summed E-state index contributed by atoms with van der Waals surface area (Å²) in [6.07, 6.45) is 0. The normalized spacial score (nSPS) is 11.3. The third kappa shape index (κ3) is 4.23. The Hall–Kier alpha value is -3.98. The average molecular weight is 449 g/mol. The number of fused-ring (bicyclic) bond motifs is 1. The van der Waals surface area contributed by atoms with Gasteiger partial charge in [-0.1, -0.05) is 30.3 Å². The molecule has 0 saturated carbocycles. The maximum absolute atomic E-state index is 12.8. The molecule has 32 heavy (non-hydrogen) atoms. The lowest BCUT2D eigenvalue weighted by Gasteiger charge is -2.19. The number of rotatable bonds is 6. The number of sulfonamides is 1. The first-order chi connectivity index (χ1) is 15.4. The van der Waals surface area contributed by atoms with E-state index in [0.29, 0.717) is 17.0 Å². The van der Waals surface area contributed by atoms with Crippen molar-refractivity contribution in [2.24, 2.45) is 0 Å². The third-order valence-electron chi connectivity index (χ3n) is 4.88. The maximum atomic E-state index is 12.8. The predicted molar refractivity (Wildman–Crippen MR) is 122 cm³/mol. The Labute approximate surface area is 185 Å². The van der Waals surface area contributed by atoms with Crippen LogP contribution in [0.5, 0.6) is 0 Å². The van der Waals surface area contributed by atoms with E-state index in [0.717, 1.165) is 5.39 Å². The molecule has 4 aromatic rings. The second-order valence-electron chi connectivity index (χ2n) is 6.95. The van der Waals surface area contributed by atoms with Crippen molar-refractivity contribution in [2.75, 3.05) is 17.1 Å². The molecule has 0 aliphatic carbocycles. The molecule has 3 aromatic carbocycles. The van der Waals surface area contributed by atoms with E-state index in [-0.39, 0.29) is 22.9 Å². The molecule has 4 rings (SSSR count). The van der Waals surface area contributed by atoms with Crippen LogP contribution in [-0.2, 0) is 21.4 Å². The van der Waals surface area contributed by atoms with Gasteiger partial charge in [0.15, 0.2) is 12.4 Å². The standard InChI is InChI=1S/C23H20N4O4S/c1-27(17-7-3-2-4-8-17)32(29,30)18-13-11-16(12-14-18)23(28)31-15-21-25-20-10-6-5-9-19(20)22(24)26-21/h2-14H,15H2,1H3,(H2,24,25,26). The van der Waals surface area contributed by atoms with Crippen LogP contribution in [0, 0.1) is 0 Å². The molecule has 0 fully saturated rings. The van der Waals surface area contributed by atoms with Gasteiger partial charge in [-0.2, -0.15) is 0 Å². The van der Waals surface area contributed by atoms with E-state index in [1.165, 1.54) is 35.6 Å². The van der Waals surface area contributed by atoms with E-state index in [4.69, 9.17) is 10.5 Å². The molecule has 0 radical (unpaired) electrons. The van der Waals surface area contributed by atoms with Crippen LogP contribution >= 0.6 is 0 Å². The lowest BCUT2D eigenvalue weighted by atomic mass is 10.2. The molecule has 0 aliphatic heterocycles. The highest BCUT2D eigenvalue weighted by Gasteiger charge is 2.21. The highest BCUT2D eigenvalue weighted by atomic mass is 32.2. The van der Waals surface area contributed by atoms with Gasteiger partial charge in [0, 0.05) is 12.4 Å². The summed E-state index contributed by atoms with van der Waals surface area (Å²) in [7, 11) is -2.29. The number of anilines is 2. The quantitative estimate of drug-likeness (QED) is 0.450. The number of hydrogen-bond donors (Lipinski definition) is 1. The van der Waals surface area contributed by atoms with Crippen molar-refractivity contribution in [1.29, 1.82) is 0 Å². The van der Waals surface area contributed by atoms with Gasteiger partial charge in [-0.15, -0.1) is 0 Å². The number of ether oxygens (including phenoxy) is 1. The van der Waals surface area contributed by atoms with Crippen LogP contribution < -0.4 is 10.0 Å². The lowest BCUT2D eigenvalue weighted by Crippen LogP contribution is -2.26. The molecule has 0 saturated heterocycles. The van der Waals surface area contributed by atoms with Crippen LogP contribution in [0.2, 0.25) is 0 Å². The number of nitrogens with two attached hydrogens (primary N) is 1. The molecule has 0 spiro atoms. The largest absolute Gasteiger partial charge is 0.454 e. The molecule has 1 aromatic heterocycles. The van der Waals surface area contributed by atoms with Gasteiger partial charge in [-0.05, 0) is 48.5 Å². The van der Waals surface area contributed by atoms with Crippen molar-refractivity contribution in [1.82, 2.24) is 9.97 Å². The van der Waals surface area contributed by atoms with E-state index in [9.17, 15) is 13.2 Å². The molecule has 1 heterocycles. The number of aromatic nitrogens is 2. The summed E-state index contributed by atoms with van der Waals surface area (Å²) < 4.78 is 32.2. The third-order valence-corrected chi connectivity index (χ3v) is 6.68. The number of nitrogens with zero attached hydrogens (tertiary/aromatic N) is 3. The topological polar surface area (TPSA) is 115 Å². The highest BCUT2D eigenvalue weighted by molar-refractivity contribution is 7.92. The van der Waals surface area contributed by atoms with Gasteiger partial charge < -0.3 is 10.5 Å². The first-order valence-electron chi connectivity index (χ1n) is 9.68. The van der Waals surface area contributed by atoms with Crippen molar-refractivity contribution < 1.29 is 17.9 Å². The van der Waals surface area contributed by atoms with Crippen molar-refractivity contribution in [3.05, 3.63) is 90.3 Å². The molecule has 0 atom stereocenters. The summed E-state index contributed by atoms with van der Waals surface area (Å²) in [5.74, 6) is -0.0438. The van der Waals surface area contributed by atoms with E-state index < -0.39 is 16.0 Å². The molecule has 8 nitrogen and oxygen atoms in total. The van der Waals surface area contributed by atoms with Crippen LogP contribution in [0.4, 0.5) is 11.5 Å². The summed E-state index contributed by atoms with van der Waals surface area (Å²) in [6, 6.07) is 21.5. The summed E-state index contributed by atoms with van der Waals surface area (Å²) in [5, 5.41) is 0.722. The van der Waals surface area contributed by atoms with Gasteiger partial charge in [-0.3, -0.25) is 4.31 Å². The monoisotopic (exact) mass is 448 g/mol. The van der Waals surface area contributed by atoms with Gasteiger partial charge in [0.2, 0.25) is 0 Å². The smallest absolute Gasteiger partial charge is 0.338 e. The molecule has 9 heteroatoms. The van der Waals surface area contributed by atoms with Crippen molar-refractivity contribution in [3.8, 4) is 0 Å². The lowest BCUT2D eigenvalue weighted by molar-refractivity contribution is 0.0462. The van der Waals surface area contributed by atoms with E-state index in [2.05, 4.69) is 9.97 Å². The number of carbonyl (C=O) groups is 1. The Kier molecular flexibility index (Phi) is 5.74. The Morgan fingerprint density at radius 1 is 0.938 bits per heavy atom. The van der Waals surface area contributed by atoms with Crippen LogP contribution in [0.3, 0.4) is 0 Å². The molecule has 0 bridgehead atoms. The molecular weight excluding hydrogens is 428 g/mol. The summed E-state index contributed by atoms with van der Waals surface area (Å²) >= 11 is 0. The Balaban J connectivity index is 1.46. The maximum Gasteiger partial charge on any atom is 0.338 e. The number of para-hydroxylation sites is 2. The number of carbonyl (C=O) groups excluding carboxylic acids is 1.